The van der Waals surface area contributed by atoms with Crippen LogP contribution in [0, 0.1) is 0 Å². The molecule has 21 heteroatoms. The van der Waals surface area contributed by atoms with Crippen molar-refractivity contribution < 1.29 is 98.1 Å². The third-order valence-electron chi connectivity index (χ3n) is 20.3. The molecule has 0 radical (unpaired) electrons. The first-order valence-electron chi connectivity index (χ1n) is 41.0. The van der Waals surface area contributed by atoms with Gasteiger partial charge in [-0.15, -0.1) is 0 Å². The predicted octanol–water partition coefficient (Wildman–Crippen LogP) is 14.3. The molecule has 1 aromatic carbocycles. The zero-order valence-electron chi connectivity index (χ0n) is 74.1. The van der Waals surface area contributed by atoms with E-state index < -0.39 is 0 Å². The molecule has 0 N–H and O–H groups in total. The van der Waals surface area contributed by atoms with E-state index in [1.807, 2.05) is 57.6 Å². The summed E-state index contributed by atoms with van der Waals surface area (Å²) in [6.07, 6.45) is 18.4. The molecule has 1 aliphatic carbocycles. The fourth-order valence-electron chi connectivity index (χ4n) is 12.2. The van der Waals surface area contributed by atoms with Crippen molar-refractivity contribution in [3.63, 3.8) is 0 Å². The first-order valence-corrected chi connectivity index (χ1v) is 41.0. The lowest BCUT2D eigenvalue weighted by Crippen LogP contribution is -2.51. The van der Waals surface area contributed by atoms with Gasteiger partial charge in [-0.25, -0.2) is 28.8 Å². The summed E-state index contributed by atoms with van der Waals surface area (Å²) in [6, 6.07) is 8.05. The van der Waals surface area contributed by atoms with E-state index in [1.165, 1.54) is 102 Å². The fraction of sp³-hybridized carbons (Fsp3) is 0.693. The molecule has 0 amide bonds. The molecule has 3 atom stereocenters. The number of likely N-dealkylation sites (N-methyl/N-ethyl adjacent to an activating group) is 7. The van der Waals surface area contributed by atoms with E-state index in [9.17, 15) is 33.6 Å². The minimum atomic E-state index is -0.349. The number of fused-ring (bicyclic) bond motifs is 1. The monoisotopic (exact) mass is 1550 g/mol. The number of nitrogens with zero attached hydrogens (tertiary/aromatic N) is 7. The van der Waals surface area contributed by atoms with Gasteiger partial charge in [0.1, 0.15) is 98.0 Å². The van der Waals surface area contributed by atoms with Crippen LogP contribution in [0.2, 0.25) is 0 Å². The average Bonchev–Trinajstić information content (AvgIpc) is 1.81. The van der Waals surface area contributed by atoms with E-state index in [0.29, 0.717) is 57.4 Å². The van der Waals surface area contributed by atoms with Gasteiger partial charge in [-0.1, -0.05) is 130 Å². The third-order valence-corrected chi connectivity index (χ3v) is 20.3. The molecule has 0 saturated heterocycles. The lowest BCUT2D eigenvalue weighted by Gasteiger charge is -2.37. The number of unbranched alkanes of at least 4 members (excludes halogenated alkanes) is 2. The summed E-state index contributed by atoms with van der Waals surface area (Å²) in [5.74, 6) is -2.23. The molecule has 630 valence electrons. The summed E-state index contributed by atoms with van der Waals surface area (Å²) in [7, 11) is 12.3. The highest BCUT2D eigenvalue weighted by molar-refractivity contribution is 5.88. The van der Waals surface area contributed by atoms with Crippen LogP contribution < -0.4 is 0 Å². The normalized spacial score (nSPS) is 13.1. The second-order valence-corrected chi connectivity index (χ2v) is 30.2. The molecule has 0 heterocycles. The number of carbonyl (C=O) groups is 7. The molecule has 0 aromatic heterocycles. The Kier molecular flexibility index (Phi) is 66.2. The third kappa shape index (κ3) is 54.7. The van der Waals surface area contributed by atoms with Gasteiger partial charge in [-0.2, -0.15) is 0 Å². The van der Waals surface area contributed by atoms with Crippen molar-refractivity contribution in [2.24, 2.45) is 0 Å². The quantitative estimate of drug-likeness (QED) is 0.0260. The Morgan fingerprint density at radius 1 is 0.339 bits per heavy atom. The number of quaternary nitrogens is 7. The average molecular weight is 1550 g/mol. The SMILES string of the molecule is C=C(C)C(=O)OCC[N+](C)(C)C.C=C(C)C(=O)OCC[N+](CC)(CC)CC.C=CC(=O)OCC[N+](C)(C)C.C=CC(=O)OCC[N+](CC)(CC)CC.C=CC(=O)OCC[N+](CC)(CCC)CCC.C=CC(=O)OCC[N+](CC)(CCC)CCCC.CCCC[N+](CC)(CCC)CCOC(=O)C1C=Cc2ccccc21. The van der Waals surface area contributed by atoms with Gasteiger partial charge in [0.2, 0.25) is 0 Å². The van der Waals surface area contributed by atoms with Crippen LogP contribution >= 0.6 is 0 Å². The summed E-state index contributed by atoms with van der Waals surface area (Å²) in [4.78, 5) is 77.9. The maximum atomic E-state index is 12.5. The van der Waals surface area contributed by atoms with Gasteiger partial charge in [-0.3, -0.25) is 4.79 Å². The maximum Gasteiger partial charge on any atom is 0.333 e. The van der Waals surface area contributed by atoms with Gasteiger partial charge in [0.05, 0.1) is 140 Å². The highest BCUT2D eigenvalue weighted by Crippen LogP contribution is 2.31. The van der Waals surface area contributed by atoms with Crippen molar-refractivity contribution >= 4 is 47.9 Å². The van der Waals surface area contributed by atoms with E-state index in [4.69, 9.17) is 33.2 Å². The van der Waals surface area contributed by atoms with Crippen LogP contribution in [0.5, 0.6) is 0 Å². The second-order valence-electron chi connectivity index (χ2n) is 30.2. The zero-order chi connectivity index (χ0) is 84.6. The van der Waals surface area contributed by atoms with Crippen molar-refractivity contribution in [1.82, 2.24) is 0 Å². The number of ether oxygens (including phenoxy) is 7. The fourth-order valence-corrected chi connectivity index (χ4v) is 12.2. The molecule has 0 aliphatic heterocycles. The Bertz CT molecular complexity index is 2710. The Balaban J connectivity index is -0.000000392. The molecule has 0 fully saturated rings. The standard InChI is InChI=1S/C21H32NO2.C14H28NO2.C13H26NO2.C12H24NO2.C11H22NO2.C9H18NO2.C8H16NO2/c1-4-7-15-22(6-3,14-5-2)16-17-24-21(23)20-13-12-18-10-8-9-11-19(18)20;1-5-9-11-15(8-4,10-6-2)12-13-17-14(16)7-3;1-5-9-14(8-4,10-6-2)11-12-16-13(15)7-3;1-6-13(7-2,8-3)9-10-15-12(14)11(4)5;1-5-11(13)14-10-9-12(6-2,7-3)8-4;1-8(2)9(11)12-7-6-10(3,4)5;1-5-8(10)11-7-6-9(2,3)4/h8-13,20H,4-7,14-17H2,1-3H3;7H,3,5-6,8-13H2,1-2,4H3;7H,3,5-6,8-12H2,1-2,4H3;4,6-10H2,1-3,5H3;5H,1,6-10H2,2-4H3;1,6-7H2,2-5H3;5H,1,6-7H2,2-4H3/q7*+1. The molecular weight excluding hydrogens is 1380 g/mol. The van der Waals surface area contributed by atoms with Crippen LogP contribution in [0.4, 0.5) is 0 Å². The molecule has 21 nitrogen and oxygen atoms in total. The molecule has 3 unspecified atom stereocenters. The molecule has 0 bridgehead atoms. The van der Waals surface area contributed by atoms with Crippen LogP contribution in [0.25, 0.3) is 6.08 Å². The summed E-state index contributed by atoms with van der Waals surface area (Å²) in [6.45, 7) is 83.2. The highest BCUT2D eigenvalue weighted by atomic mass is 16.6. The molecule has 1 aromatic rings. The molecule has 0 spiro atoms. The van der Waals surface area contributed by atoms with Crippen molar-refractivity contribution in [1.29, 1.82) is 0 Å². The molecular formula is C88H166N7O14+7. The number of rotatable bonds is 51. The van der Waals surface area contributed by atoms with Crippen molar-refractivity contribution in [3.05, 3.63) is 116 Å². The van der Waals surface area contributed by atoms with Gasteiger partial charge in [0.15, 0.2) is 0 Å². The molecule has 1 aliphatic rings. The van der Waals surface area contributed by atoms with E-state index >= 15 is 0 Å². The number of esters is 7. The molecule has 2 rings (SSSR count). The zero-order valence-corrected chi connectivity index (χ0v) is 74.1. The van der Waals surface area contributed by atoms with E-state index in [1.54, 1.807) is 13.8 Å². The van der Waals surface area contributed by atoms with Crippen molar-refractivity contribution in [2.45, 2.75) is 175 Å². The molecule has 109 heavy (non-hydrogen) atoms. The van der Waals surface area contributed by atoms with Crippen molar-refractivity contribution in [3.8, 4) is 0 Å². The first-order chi connectivity index (χ1) is 51.4. The van der Waals surface area contributed by atoms with E-state index in [0.717, 1.165) is 160 Å². The molecule has 0 saturated carbocycles. The summed E-state index contributed by atoms with van der Waals surface area (Å²) in [5, 5.41) is 0. The van der Waals surface area contributed by atoms with Crippen LogP contribution in [0.15, 0.2) is 105 Å². The Morgan fingerprint density at radius 2 is 0.596 bits per heavy atom. The lowest BCUT2D eigenvalue weighted by molar-refractivity contribution is -0.927. The number of carbonyl (C=O) groups excluding carboxylic acids is 7. The topological polar surface area (TPSA) is 184 Å². The van der Waals surface area contributed by atoms with Gasteiger partial charge < -0.3 is 64.5 Å². The largest absolute Gasteiger partial charge is 0.459 e. The minimum Gasteiger partial charge on any atom is -0.459 e. The van der Waals surface area contributed by atoms with Gasteiger partial charge in [0, 0.05) is 35.5 Å². The second kappa shape index (κ2) is 65.0. The van der Waals surface area contributed by atoms with Crippen LogP contribution in [-0.4, -0.2) is 306 Å². The number of hydrogen-bond acceptors (Lipinski definition) is 14. The van der Waals surface area contributed by atoms with Gasteiger partial charge in [0.25, 0.3) is 0 Å². The number of benzene rings is 1. The smallest absolute Gasteiger partial charge is 0.333 e. The lowest BCUT2D eigenvalue weighted by atomic mass is 10.0. The first kappa shape index (κ1) is 111. The summed E-state index contributed by atoms with van der Waals surface area (Å²) in [5.41, 5.74) is 3.12. The predicted molar refractivity (Wildman–Crippen MR) is 452 cm³/mol. The Morgan fingerprint density at radius 3 is 0.862 bits per heavy atom. The van der Waals surface area contributed by atoms with Gasteiger partial charge in [-0.05, 0) is 126 Å². The van der Waals surface area contributed by atoms with Crippen LogP contribution in [0.1, 0.15) is 186 Å². The van der Waals surface area contributed by atoms with Crippen molar-refractivity contribution in [2.75, 3.05) is 233 Å². The van der Waals surface area contributed by atoms with Crippen LogP contribution in [-0.2, 0) is 66.7 Å². The van der Waals surface area contributed by atoms with E-state index in [-0.39, 0.29) is 47.7 Å². The summed E-state index contributed by atoms with van der Waals surface area (Å²) >= 11 is 0. The maximum absolute atomic E-state index is 12.5. The Hall–Kier alpha value is -6.59. The van der Waals surface area contributed by atoms with E-state index in [2.05, 4.69) is 164 Å². The minimum absolute atomic E-state index is 0.114. The highest BCUT2D eigenvalue weighted by Gasteiger charge is 2.30. The van der Waals surface area contributed by atoms with Gasteiger partial charge >= 0.3 is 41.8 Å². The van der Waals surface area contributed by atoms with Crippen LogP contribution in [0.3, 0.4) is 0 Å². The number of hydrogen-bond donors (Lipinski definition) is 0. The Labute approximate surface area is 666 Å². The summed E-state index contributed by atoms with van der Waals surface area (Å²) < 4.78 is 42.4.